The Balaban J connectivity index is 1.75. The first-order chi connectivity index (χ1) is 14.9. The van der Waals surface area contributed by atoms with Gasteiger partial charge in [-0.1, -0.05) is 18.2 Å². The molecule has 7 nitrogen and oxygen atoms in total. The number of amides is 1. The highest BCUT2D eigenvalue weighted by Gasteiger charge is 2.24. The van der Waals surface area contributed by atoms with Crippen molar-refractivity contribution in [2.75, 3.05) is 0 Å². The van der Waals surface area contributed by atoms with E-state index in [4.69, 9.17) is 12.2 Å². The van der Waals surface area contributed by atoms with Gasteiger partial charge in [0.2, 0.25) is 0 Å². The number of benzene rings is 2. The first-order valence-electron chi connectivity index (χ1n) is 9.70. The van der Waals surface area contributed by atoms with Crippen molar-refractivity contribution in [1.29, 1.82) is 0 Å². The fourth-order valence-electron chi connectivity index (χ4n) is 3.54. The lowest BCUT2D eigenvalue weighted by Gasteiger charge is -2.20. The van der Waals surface area contributed by atoms with Crippen molar-refractivity contribution in [3.8, 4) is 0 Å². The maximum atomic E-state index is 14.5. The topological polar surface area (TPSA) is 84.7 Å². The zero-order valence-corrected chi connectivity index (χ0v) is 17.7. The van der Waals surface area contributed by atoms with Crippen molar-refractivity contribution < 1.29 is 9.18 Å². The molecule has 0 aliphatic heterocycles. The smallest absolute Gasteiger partial charge is 0.262 e. The highest BCUT2D eigenvalue weighted by atomic mass is 32.1. The molecule has 2 aromatic carbocycles. The summed E-state index contributed by atoms with van der Waals surface area (Å²) >= 11 is 5.25. The van der Waals surface area contributed by atoms with E-state index >= 15 is 0 Å². The minimum atomic E-state index is -0.795. The molecule has 0 aliphatic carbocycles. The highest BCUT2D eigenvalue weighted by molar-refractivity contribution is 7.71. The van der Waals surface area contributed by atoms with Crippen molar-refractivity contribution in [3.63, 3.8) is 0 Å². The number of rotatable bonds is 5. The van der Waals surface area contributed by atoms with E-state index in [0.717, 1.165) is 0 Å². The maximum absolute atomic E-state index is 14.5. The quantitative estimate of drug-likeness (QED) is 0.468. The highest BCUT2D eigenvalue weighted by Crippen LogP contribution is 2.24. The monoisotopic (exact) mass is 437 g/mol. The molecule has 0 radical (unpaired) electrons. The number of aromatic nitrogens is 4. The van der Waals surface area contributed by atoms with E-state index in [1.165, 1.54) is 10.6 Å². The molecule has 0 saturated heterocycles. The Hall–Kier alpha value is -3.59. The number of carbonyl (C=O) groups excluding carboxylic acids is 1. The minimum absolute atomic E-state index is 0.217. The van der Waals surface area contributed by atoms with Crippen molar-refractivity contribution in [2.45, 2.75) is 19.5 Å². The van der Waals surface area contributed by atoms with Crippen LogP contribution in [0.25, 0.3) is 10.9 Å². The Morgan fingerprint density at radius 3 is 2.74 bits per heavy atom. The predicted molar refractivity (Wildman–Crippen MR) is 118 cm³/mol. The molecule has 1 atom stereocenters. The molecular weight excluding hydrogens is 417 g/mol. The number of imidazole rings is 1. The Morgan fingerprint density at radius 1 is 1.29 bits per heavy atom. The lowest BCUT2D eigenvalue weighted by atomic mass is 10.0. The maximum Gasteiger partial charge on any atom is 0.262 e. The summed E-state index contributed by atoms with van der Waals surface area (Å²) in [5, 5.41) is 3.30. The molecule has 4 aromatic rings. The molecule has 4 rings (SSSR count). The van der Waals surface area contributed by atoms with Gasteiger partial charge in [-0.2, -0.15) is 0 Å². The third-order valence-electron chi connectivity index (χ3n) is 5.17. The molecular formula is C22H20FN5O2S. The summed E-state index contributed by atoms with van der Waals surface area (Å²) in [6.07, 6.45) is 3.31. The zero-order chi connectivity index (χ0) is 22.1. The van der Waals surface area contributed by atoms with E-state index in [2.05, 4.69) is 15.3 Å². The van der Waals surface area contributed by atoms with Gasteiger partial charge in [-0.3, -0.25) is 14.2 Å². The zero-order valence-electron chi connectivity index (χ0n) is 16.9. The molecule has 158 valence electrons. The second-order valence-electron chi connectivity index (χ2n) is 7.06. The Bertz CT molecular complexity index is 1410. The van der Waals surface area contributed by atoms with E-state index in [-0.39, 0.29) is 10.3 Å². The van der Waals surface area contributed by atoms with Gasteiger partial charge in [-0.15, -0.1) is 0 Å². The first-order valence-corrected chi connectivity index (χ1v) is 10.1. The van der Waals surface area contributed by atoms with Gasteiger partial charge in [-0.25, -0.2) is 9.37 Å². The normalized spacial score (nSPS) is 12.1. The summed E-state index contributed by atoms with van der Waals surface area (Å²) in [4.78, 5) is 33.0. The number of nitrogens with one attached hydrogen (secondary N) is 2. The number of aromatic amines is 1. The molecule has 2 N–H and O–H groups in total. The number of carbonyl (C=O) groups is 1. The number of halogens is 1. The van der Waals surface area contributed by atoms with Crippen LogP contribution in [-0.4, -0.2) is 25.0 Å². The summed E-state index contributed by atoms with van der Waals surface area (Å²) in [5.74, 6) is -0.389. The van der Waals surface area contributed by atoms with Gasteiger partial charge in [0.15, 0.2) is 4.77 Å². The fraction of sp³-hybridized carbons (Fsp3) is 0.182. The first kappa shape index (κ1) is 20.7. The van der Waals surface area contributed by atoms with Crippen LogP contribution in [0, 0.1) is 10.6 Å². The van der Waals surface area contributed by atoms with Crippen LogP contribution in [0.5, 0.6) is 0 Å². The summed E-state index contributed by atoms with van der Waals surface area (Å²) in [6, 6.07) is 10.2. The second-order valence-corrected chi connectivity index (χ2v) is 7.45. The lowest BCUT2D eigenvalue weighted by molar-refractivity contribution is 0.0940. The number of hydrogen-bond donors (Lipinski definition) is 2. The van der Waals surface area contributed by atoms with E-state index in [1.54, 1.807) is 60.4 Å². The van der Waals surface area contributed by atoms with Crippen LogP contribution in [0.4, 0.5) is 4.39 Å². The molecule has 1 amide bonds. The van der Waals surface area contributed by atoms with Gasteiger partial charge < -0.3 is 14.9 Å². The van der Waals surface area contributed by atoms with Crippen molar-refractivity contribution in [1.82, 2.24) is 24.4 Å². The molecule has 0 aliphatic rings. The van der Waals surface area contributed by atoms with Gasteiger partial charge in [0.25, 0.3) is 11.5 Å². The van der Waals surface area contributed by atoms with Crippen molar-refractivity contribution in [2.24, 2.45) is 7.05 Å². The minimum Gasteiger partial charge on any atom is -0.338 e. The average Bonchev–Trinajstić information content (AvgIpc) is 3.18. The van der Waals surface area contributed by atoms with Crippen LogP contribution in [0.3, 0.4) is 0 Å². The van der Waals surface area contributed by atoms with Crippen molar-refractivity contribution >= 4 is 29.0 Å². The van der Waals surface area contributed by atoms with Crippen LogP contribution in [0.1, 0.15) is 34.7 Å². The average molecular weight is 438 g/mol. The SMILES string of the molecule is CCn1c(=S)[nH]c2cc(C(=O)NC(c3ccccc3F)c3nccn3C)ccc2c1=O. The van der Waals surface area contributed by atoms with E-state index in [1.807, 2.05) is 6.92 Å². The van der Waals surface area contributed by atoms with Gasteiger partial charge >= 0.3 is 0 Å². The summed E-state index contributed by atoms with van der Waals surface area (Å²) < 4.78 is 18.0. The molecule has 9 heteroatoms. The van der Waals surface area contributed by atoms with Gasteiger partial charge in [-0.05, 0) is 43.4 Å². The number of nitrogens with zero attached hydrogens (tertiary/aromatic N) is 3. The van der Waals surface area contributed by atoms with Gasteiger partial charge in [0.05, 0.1) is 10.9 Å². The third kappa shape index (κ3) is 3.79. The molecule has 0 fully saturated rings. The summed E-state index contributed by atoms with van der Waals surface area (Å²) in [5.41, 5.74) is 0.857. The molecule has 31 heavy (non-hydrogen) atoms. The standard InChI is InChI=1S/C22H20FN5O2S/c1-3-28-21(30)15-9-8-13(12-17(15)25-22(28)31)20(29)26-18(19-24-10-11-27(19)2)14-6-4-5-7-16(14)23/h4-12,18H,3H2,1-2H3,(H,25,31)(H,26,29). The van der Waals surface area contributed by atoms with Crippen LogP contribution < -0.4 is 10.9 Å². The molecule has 1 unspecified atom stereocenters. The van der Waals surface area contributed by atoms with Crippen molar-refractivity contribution in [3.05, 3.63) is 92.8 Å². The molecule has 2 heterocycles. The Morgan fingerprint density at radius 2 is 2.06 bits per heavy atom. The number of fused-ring (bicyclic) bond motifs is 1. The second kappa shape index (κ2) is 8.27. The molecule has 0 bridgehead atoms. The molecule has 2 aromatic heterocycles. The van der Waals surface area contributed by atoms with Gasteiger partial charge in [0, 0.05) is 37.1 Å². The number of H-pyrrole nitrogens is 1. The van der Waals surface area contributed by atoms with E-state index in [9.17, 15) is 14.0 Å². The third-order valence-corrected chi connectivity index (χ3v) is 5.49. The summed E-state index contributed by atoms with van der Waals surface area (Å²) in [7, 11) is 1.77. The Kier molecular flexibility index (Phi) is 5.51. The predicted octanol–water partition coefficient (Wildman–Crippen LogP) is 3.47. The summed E-state index contributed by atoms with van der Waals surface area (Å²) in [6.45, 7) is 2.28. The number of hydrogen-bond acceptors (Lipinski definition) is 4. The fourth-order valence-corrected chi connectivity index (χ4v) is 3.87. The Labute approximate surface area is 182 Å². The number of aryl methyl sites for hydroxylation is 1. The van der Waals surface area contributed by atoms with Crippen LogP contribution in [0.15, 0.2) is 59.7 Å². The van der Waals surface area contributed by atoms with E-state index < -0.39 is 17.8 Å². The lowest BCUT2D eigenvalue weighted by Crippen LogP contribution is -2.31. The van der Waals surface area contributed by atoms with Crippen LogP contribution in [-0.2, 0) is 13.6 Å². The molecule has 0 spiro atoms. The van der Waals surface area contributed by atoms with Crippen LogP contribution in [0.2, 0.25) is 0 Å². The van der Waals surface area contributed by atoms with Crippen LogP contribution >= 0.6 is 12.2 Å². The largest absolute Gasteiger partial charge is 0.338 e. The van der Waals surface area contributed by atoms with Gasteiger partial charge in [0.1, 0.15) is 17.7 Å². The van der Waals surface area contributed by atoms with E-state index in [0.29, 0.717) is 34.4 Å². The molecule has 0 saturated carbocycles.